The van der Waals surface area contributed by atoms with E-state index < -0.39 is 0 Å². The third kappa shape index (κ3) is 1.99. The van der Waals surface area contributed by atoms with Gasteiger partial charge in [0.25, 0.3) is 0 Å². The number of aromatic nitrogens is 4. The summed E-state index contributed by atoms with van der Waals surface area (Å²) in [6.45, 7) is 0.241. The van der Waals surface area contributed by atoms with Gasteiger partial charge in [-0.05, 0) is 11.4 Å². The number of thiophene rings is 1. The van der Waals surface area contributed by atoms with E-state index in [0.717, 1.165) is 10.2 Å². The van der Waals surface area contributed by atoms with Gasteiger partial charge in [0.15, 0.2) is 17.2 Å². The number of hydrogen-bond acceptors (Lipinski definition) is 6. The highest BCUT2D eigenvalue weighted by Gasteiger charge is 2.13. The van der Waals surface area contributed by atoms with Crippen molar-refractivity contribution < 1.29 is 0 Å². The Balaban J connectivity index is 2.04. The average Bonchev–Trinajstić information content (AvgIpc) is 3.05. The maximum atomic E-state index is 9.06. The summed E-state index contributed by atoms with van der Waals surface area (Å²) in [4.78, 5) is 13.2. The number of rotatable bonds is 2. The Bertz CT molecular complexity index is 882. The molecule has 0 saturated heterocycles. The first kappa shape index (κ1) is 12.5. The van der Waals surface area contributed by atoms with Crippen LogP contribution in [0.5, 0.6) is 0 Å². The Morgan fingerprint density at radius 2 is 2.15 bits per heavy atom. The van der Waals surface area contributed by atoms with Crippen molar-refractivity contribution in [3.05, 3.63) is 40.1 Å². The Morgan fingerprint density at radius 3 is 2.90 bits per heavy atom. The second-order valence-corrected chi connectivity index (χ2v) is 5.12. The third-order valence-electron chi connectivity index (χ3n) is 2.69. The van der Waals surface area contributed by atoms with E-state index in [1.807, 2.05) is 23.6 Å². The smallest absolute Gasteiger partial charge is 0.176 e. The summed E-state index contributed by atoms with van der Waals surface area (Å²) in [6.07, 6.45) is 1.42. The van der Waals surface area contributed by atoms with Crippen molar-refractivity contribution in [2.75, 3.05) is 0 Å². The lowest BCUT2D eigenvalue weighted by atomic mass is 10.3. The first-order valence-corrected chi connectivity index (χ1v) is 6.73. The molecule has 0 amide bonds. The number of halogens is 1. The first-order valence-electron chi connectivity index (χ1n) is 5.48. The van der Waals surface area contributed by atoms with Gasteiger partial charge in [-0.2, -0.15) is 10.5 Å². The molecule has 0 aliphatic heterocycles. The Morgan fingerprint density at radius 1 is 1.30 bits per heavy atom. The molecule has 0 radical (unpaired) electrons. The van der Waals surface area contributed by atoms with Gasteiger partial charge in [0.1, 0.15) is 22.1 Å². The van der Waals surface area contributed by atoms with Crippen molar-refractivity contribution in [3.63, 3.8) is 0 Å². The van der Waals surface area contributed by atoms with Gasteiger partial charge in [-0.15, -0.1) is 11.3 Å². The quantitative estimate of drug-likeness (QED) is 0.677. The van der Waals surface area contributed by atoms with E-state index in [-0.39, 0.29) is 17.9 Å². The van der Waals surface area contributed by atoms with Crippen LogP contribution in [0, 0.1) is 22.7 Å². The maximum absolute atomic E-state index is 9.06. The fourth-order valence-corrected chi connectivity index (χ4v) is 2.87. The molecule has 0 aliphatic rings. The van der Waals surface area contributed by atoms with Crippen LogP contribution in [-0.2, 0) is 6.54 Å². The molecule has 0 bridgehead atoms. The number of fused-ring (bicyclic) bond motifs is 1. The van der Waals surface area contributed by atoms with Crippen molar-refractivity contribution in [1.29, 1.82) is 10.5 Å². The summed E-state index contributed by atoms with van der Waals surface area (Å²) in [5, 5.41) is 21.0. The summed E-state index contributed by atoms with van der Waals surface area (Å²) in [5.74, 6) is 0.475. The maximum Gasteiger partial charge on any atom is 0.176 e. The van der Waals surface area contributed by atoms with Gasteiger partial charge >= 0.3 is 0 Å². The standard InChI is InChI=1S/C12H5ClN6S/c13-11-7-1-2-20-12(7)18-10(17-11)5-19-6-16-8(3-14)9(19)4-15/h1-2,6H,5H2. The van der Waals surface area contributed by atoms with Crippen molar-refractivity contribution in [3.8, 4) is 12.1 Å². The van der Waals surface area contributed by atoms with Crippen molar-refractivity contribution in [2.24, 2.45) is 0 Å². The third-order valence-corrected chi connectivity index (χ3v) is 3.78. The lowest BCUT2D eigenvalue weighted by molar-refractivity contribution is 0.740. The van der Waals surface area contributed by atoms with Crippen molar-refractivity contribution in [2.45, 2.75) is 6.54 Å². The largest absolute Gasteiger partial charge is 0.314 e. The van der Waals surface area contributed by atoms with Gasteiger partial charge in [0.2, 0.25) is 0 Å². The summed E-state index contributed by atoms with van der Waals surface area (Å²) in [6, 6.07) is 5.68. The zero-order valence-electron chi connectivity index (χ0n) is 9.91. The van der Waals surface area contributed by atoms with Gasteiger partial charge in [-0.1, -0.05) is 11.6 Å². The predicted molar refractivity (Wildman–Crippen MR) is 73.2 cm³/mol. The highest BCUT2D eigenvalue weighted by molar-refractivity contribution is 7.16. The summed E-state index contributed by atoms with van der Waals surface area (Å²) in [7, 11) is 0. The van der Waals surface area contributed by atoms with E-state index in [4.69, 9.17) is 22.1 Å². The molecule has 0 aromatic carbocycles. The minimum absolute atomic E-state index is 0.0933. The number of nitriles is 2. The molecule has 3 aromatic heterocycles. The second-order valence-electron chi connectivity index (χ2n) is 3.86. The minimum atomic E-state index is 0.0933. The van der Waals surface area contributed by atoms with E-state index in [1.54, 1.807) is 0 Å². The van der Waals surface area contributed by atoms with Crippen LogP contribution in [0.2, 0.25) is 5.15 Å². The van der Waals surface area contributed by atoms with Crippen molar-refractivity contribution in [1.82, 2.24) is 19.5 Å². The molecule has 3 aromatic rings. The van der Waals surface area contributed by atoms with Crippen LogP contribution in [0.1, 0.15) is 17.2 Å². The van der Waals surface area contributed by atoms with E-state index in [9.17, 15) is 0 Å². The average molecular weight is 301 g/mol. The van der Waals surface area contributed by atoms with E-state index >= 15 is 0 Å². The molecule has 96 valence electrons. The van der Waals surface area contributed by atoms with Crippen LogP contribution < -0.4 is 0 Å². The van der Waals surface area contributed by atoms with Gasteiger partial charge in [0.05, 0.1) is 12.9 Å². The van der Waals surface area contributed by atoms with E-state index in [0.29, 0.717) is 11.0 Å². The van der Waals surface area contributed by atoms with Crippen LogP contribution >= 0.6 is 22.9 Å². The number of nitrogens with zero attached hydrogens (tertiary/aromatic N) is 6. The second kappa shape index (κ2) is 4.89. The zero-order valence-corrected chi connectivity index (χ0v) is 11.5. The highest BCUT2D eigenvalue weighted by Crippen LogP contribution is 2.25. The number of hydrogen-bond donors (Lipinski definition) is 0. The molecule has 0 N–H and O–H groups in total. The Labute approximate surface area is 122 Å². The minimum Gasteiger partial charge on any atom is -0.314 e. The summed E-state index contributed by atoms with van der Waals surface area (Å²) < 4.78 is 1.53. The molecule has 8 heteroatoms. The van der Waals surface area contributed by atoms with Crippen LogP contribution in [0.25, 0.3) is 10.2 Å². The normalized spacial score (nSPS) is 10.3. The molecular weight excluding hydrogens is 296 g/mol. The molecule has 0 unspecified atom stereocenters. The molecule has 3 rings (SSSR count). The molecule has 20 heavy (non-hydrogen) atoms. The molecular formula is C12H5ClN6S. The molecule has 6 nitrogen and oxygen atoms in total. The Kier molecular flexibility index (Phi) is 3.07. The molecule has 3 heterocycles. The lowest BCUT2D eigenvalue weighted by Gasteiger charge is -2.03. The van der Waals surface area contributed by atoms with Crippen LogP contribution in [0.4, 0.5) is 0 Å². The SMILES string of the molecule is N#Cc1ncn(Cc2nc(Cl)c3ccsc3n2)c1C#N. The van der Waals surface area contributed by atoms with Crippen molar-refractivity contribution >= 4 is 33.2 Å². The fourth-order valence-electron chi connectivity index (χ4n) is 1.78. The van der Waals surface area contributed by atoms with E-state index in [2.05, 4.69) is 15.0 Å². The number of imidazole rings is 1. The van der Waals surface area contributed by atoms with Crippen LogP contribution in [-0.4, -0.2) is 19.5 Å². The molecule has 0 atom stereocenters. The van der Waals surface area contributed by atoms with Gasteiger partial charge in [0, 0.05) is 5.39 Å². The van der Waals surface area contributed by atoms with Gasteiger partial charge in [-0.3, -0.25) is 0 Å². The fraction of sp³-hybridized carbons (Fsp3) is 0.0833. The molecule has 0 spiro atoms. The highest BCUT2D eigenvalue weighted by atomic mass is 35.5. The predicted octanol–water partition coefficient (Wildman–Crippen LogP) is 2.33. The van der Waals surface area contributed by atoms with Gasteiger partial charge < -0.3 is 4.57 Å². The Hall–Kier alpha value is -2.48. The summed E-state index contributed by atoms with van der Waals surface area (Å²) >= 11 is 7.56. The lowest BCUT2D eigenvalue weighted by Crippen LogP contribution is -2.05. The molecule has 0 fully saturated rings. The monoisotopic (exact) mass is 300 g/mol. The van der Waals surface area contributed by atoms with Crippen LogP contribution in [0.3, 0.4) is 0 Å². The topological polar surface area (TPSA) is 91.2 Å². The first-order chi connectivity index (χ1) is 9.72. The molecule has 0 saturated carbocycles. The molecule has 0 aliphatic carbocycles. The summed E-state index contributed by atoms with van der Waals surface area (Å²) in [5.41, 5.74) is 0.286. The van der Waals surface area contributed by atoms with Gasteiger partial charge in [-0.25, -0.2) is 15.0 Å². The zero-order chi connectivity index (χ0) is 14.1. The van der Waals surface area contributed by atoms with E-state index in [1.165, 1.54) is 22.2 Å². The van der Waals surface area contributed by atoms with Crippen LogP contribution in [0.15, 0.2) is 17.8 Å².